The Labute approximate surface area is 118 Å². The van der Waals surface area contributed by atoms with Crippen LogP contribution in [0.5, 0.6) is 0 Å². The van der Waals surface area contributed by atoms with Crippen LogP contribution in [0.1, 0.15) is 17.7 Å². The predicted octanol–water partition coefficient (Wildman–Crippen LogP) is 2.06. The molecule has 0 aliphatic heterocycles. The van der Waals surface area contributed by atoms with E-state index in [-0.39, 0.29) is 10.9 Å². The van der Waals surface area contributed by atoms with Gasteiger partial charge in [-0.15, -0.1) is 11.3 Å². The fourth-order valence-corrected chi connectivity index (χ4v) is 5.74. The minimum Gasteiger partial charge on any atom is -0.480 e. The first kappa shape index (κ1) is 14.0. The molecule has 1 fully saturated rings. The highest BCUT2D eigenvalue weighted by Gasteiger charge is 2.40. The normalized spacial score (nSPS) is 16.2. The molecule has 100 valence electrons. The first-order chi connectivity index (χ1) is 8.32. The molecule has 0 spiro atoms. The van der Waals surface area contributed by atoms with Crippen LogP contribution < -0.4 is 0 Å². The van der Waals surface area contributed by atoms with Crippen molar-refractivity contribution in [3.63, 3.8) is 0 Å². The Balaban J connectivity index is 2.39. The standard InChI is InChI=1S/C10H12BrNO4S2/c1-6-8(4-9(11)17-6)18(15,16)12(5-10(13)14)7-2-3-7/h4,7H,2-3,5H2,1H3,(H,13,14). The Morgan fingerprint density at radius 2 is 2.22 bits per heavy atom. The SMILES string of the molecule is Cc1sc(Br)cc1S(=O)(=O)N(CC(=O)O)C1CC1. The number of thiophene rings is 1. The molecule has 1 aliphatic rings. The van der Waals surface area contributed by atoms with Crippen LogP contribution in [-0.2, 0) is 14.8 Å². The quantitative estimate of drug-likeness (QED) is 0.878. The average molecular weight is 354 g/mol. The molecule has 18 heavy (non-hydrogen) atoms. The van der Waals surface area contributed by atoms with Crippen molar-refractivity contribution in [2.75, 3.05) is 6.54 Å². The molecular formula is C10H12BrNO4S2. The third-order valence-electron chi connectivity index (χ3n) is 2.67. The Bertz CT molecular complexity index is 577. The maximum atomic E-state index is 12.4. The maximum absolute atomic E-state index is 12.4. The molecule has 8 heteroatoms. The largest absolute Gasteiger partial charge is 0.480 e. The first-order valence-corrected chi connectivity index (χ1v) is 8.37. The number of carboxylic acids is 1. The number of sulfonamides is 1. The molecule has 1 aromatic rings. The highest BCUT2D eigenvalue weighted by molar-refractivity contribution is 9.11. The van der Waals surface area contributed by atoms with Gasteiger partial charge in [0.05, 0.1) is 8.68 Å². The van der Waals surface area contributed by atoms with E-state index < -0.39 is 22.5 Å². The highest BCUT2D eigenvalue weighted by Crippen LogP contribution is 2.36. The second-order valence-corrected chi connectivity index (χ2v) is 8.64. The van der Waals surface area contributed by atoms with E-state index in [0.29, 0.717) is 4.88 Å². The Morgan fingerprint density at radius 1 is 1.61 bits per heavy atom. The van der Waals surface area contributed by atoms with E-state index in [1.165, 1.54) is 17.4 Å². The number of hydrogen-bond acceptors (Lipinski definition) is 4. The molecule has 2 rings (SSSR count). The molecule has 0 atom stereocenters. The fraction of sp³-hybridized carbons (Fsp3) is 0.500. The maximum Gasteiger partial charge on any atom is 0.318 e. The van der Waals surface area contributed by atoms with Gasteiger partial charge >= 0.3 is 5.97 Å². The van der Waals surface area contributed by atoms with E-state index >= 15 is 0 Å². The zero-order chi connectivity index (χ0) is 13.5. The molecule has 0 aromatic carbocycles. The minimum absolute atomic E-state index is 0.163. The molecule has 1 aromatic heterocycles. The van der Waals surface area contributed by atoms with Crippen LogP contribution >= 0.6 is 27.3 Å². The van der Waals surface area contributed by atoms with Crippen LogP contribution in [0.3, 0.4) is 0 Å². The van der Waals surface area contributed by atoms with Gasteiger partial charge in [-0.1, -0.05) is 0 Å². The predicted molar refractivity (Wildman–Crippen MR) is 71.3 cm³/mol. The summed E-state index contributed by atoms with van der Waals surface area (Å²) in [5, 5.41) is 8.83. The lowest BCUT2D eigenvalue weighted by Gasteiger charge is -2.19. The first-order valence-electron chi connectivity index (χ1n) is 5.32. The van der Waals surface area contributed by atoms with E-state index in [9.17, 15) is 13.2 Å². The summed E-state index contributed by atoms with van der Waals surface area (Å²) in [5.41, 5.74) is 0. The van der Waals surface area contributed by atoms with E-state index in [1.807, 2.05) is 0 Å². The van der Waals surface area contributed by atoms with Gasteiger partial charge in [0.25, 0.3) is 0 Å². The van der Waals surface area contributed by atoms with Gasteiger partial charge in [-0.3, -0.25) is 4.79 Å². The van der Waals surface area contributed by atoms with Crippen molar-refractivity contribution in [3.05, 3.63) is 14.7 Å². The van der Waals surface area contributed by atoms with Crippen molar-refractivity contribution in [3.8, 4) is 0 Å². The third kappa shape index (κ3) is 2.76. The molecule has 0 radical (unpaired) electrons. The molecule has 0 amide bonds. The van der Waals surface area contributed by atoms with E-state index in [2.05, 4.69) is 15.9 Å². The van der Waals surface area contributed by atoms with Crippen LogP contribution in [0, 0.1) is 6.92 Å². The van der Waals surface area contributed by atoms with Crippen LogP contribution in [0.15, 0.2) is 14.7 Å². The van der Waals surface area contributed by atoms with E-state index in [4.69, 9.17) is 5.11 Å². The van der Waals surface area contributed by atoms with Crippen molar-refractivity contribution in [2.24, 2.45) is 0 Å². The topological polar surface area (TPSA) is 74.7 Å². The monoisotopic (exact) mass is 353 g/mol. The zero-order valence-corrected chi connectivity index (χ0v) is 12.8. The number of carbonyl (C=O) groups is 1. The lowest BCUT2D eigenvalue weighted by Crippen LogP contribution is -2.37. The summed E-state index contributed by atoms with van der Waals surface area (Å²) < 4.78 is 26.7. The molecule has 1 heterocycles. The van der Waals surface area contributed by atoms with Crippen molar-refractivity contribution >= 4 is 43.3 Å². The number of rotatable bonds is 5. The fourth-order valence-electron chi connectivity index (χ4n) is 1.72. The van der Waals surface area contributed by atoms with Crippen molar-refractivity contribution in [2.45, 2.75) is 30.7 Å². The molecule has 1 aliphatic carbocycles. The van der Waals surface area contributed by atoms with Gasteiger partial charge in [0, 0.05) is 10.9 Å². The second-order valence-electron chi connectivity index (χ2n) is 4.15. The summed E-state index contributed by atoms with van der Waals surface area (Å²) >= 11 is 4.58. The molecule has 5 nitrogen and oxygen atoms in total. The van der Waals surface area contributed by atoms with Crippen LogP contribution in [-0.4, -0.2) is 36.4 Å². The van der Waals surface area contributed by atoms with Gasteiger partial charge in [0.1, 0.15) is 6.54 Å². The number of carboxylic acid groups (broad SMARTS) is 1. The van der Waals surface area contributed by atoms with Crippen LogP contribution in [0.2, 0.25) is 0 Å². The number of aliphatic carboxylic acids is 1. The van der Waals surface area contributed by atoms with Crippen molar-refractivity contribution in [1.29, 1.82) is 0 Å². The number of aryl methyl sites for hydroxylation is 1. The zero-order valence-electron chi connectivity index (χ0n) is 9.59. The van der Waals surface area contributed by atoms with Crippen molar-refractivity contribution < 1.29 is 18.3 Å². The second kappa shape index (κ2) is 4.92. The molecule has 0 saturated heterocycles. The lowest BCUT2D eigenvalue weighted by molar-refractivity contribution is -0.137. The van der Waals surface area contributed by atoms with E-state index in [0.717, 1.165) is 20.9 Å². The Kier molecular flexibility index (Phi) is 3.82. The summed E-state index contributed by atoms with van der Waals surface area (Å²) in [5.74, 6) is -1.13. The summed E-state index contributed by atoms with van der Waals surface area (Å²) in [4.78, 5) is 11.7. The molecule has 1 saturated carbocycles. The number of hydrogen-bond donors (Lipinski definition) is 1. The van der Waals surface area contributed by atoms with Crippen molar-refractivity contribution in [1.82, 2.24) is 4.31 Å². The number of halogens is 1. The summed E-state index contributed by atoms with van der Waals surface area (Å²) in [7, 11) is -3.71. The third-order valence-corrected chi connectivity index (χ3v) is 6.38. The summed E-state index contributed by atoms with van der Waals surface area (Å²) in [6.45, 7) is 1.24. The van der Waals surface area contributed by atoms with Gasteiger partial charge in [-0.2, -0.15) is 4.31 Å². The summed E-state index contributed by atoms with van der Waals surface area (Å²) in [6.07, 6.45) is 1.47. The smallest absolute Gasteiger partial charge is 0.318 e. The lowest BCUT2D eigenvalue weighted by atomic mass is 10.5. The van der Waals surface area contributed by atoms with Crippen LogP contribution in [0.25, 0.3) is 0 Å². The molecule has 0 unspecified atom stereocenters. The minimum atomic E-state index is -3.71. The van der Waals surface area contributed by atoms with E-state index in [1.54, 1.807) is 6.92 Å². The van der Waals surface area contributed by atoms with Gasteiger partial charge in [-0.05, 0) is 41.8 Å². The molecule has 0 bridgehead atoms. The highest BCUT2D eigenvalue weighted by atomic mass is 79.9. The van der Waals surface area contributed by atoms with Gasteiger partial charge < -0.3 is 5.11 Å². The Morgan fingerprint density at radius 3 is 2.61 bits per heavy atom. The van der Waals surface area contributed by atoms with Gasteiger partial charge in [0.15, 0.2) is 0 Å². The summed E-state index contributed by atoms with van der Waals surface area (Å²) in [6, 6.07) is 1.37. The van der Waals surface area contributed by atoms with Crippen LogP contribution in [0.4, 0.5) is 0 Å². The van der Waals surface area contributed by atoms with Gasteiger partial charge in [0.2, 0.25) is 10.0 Å². The molecule has 1 N–H and O–H groups in total. The number of nitrogens with zero attached hydrogens (tertiary/aromatic N) is 1. The van der Waals surface area contributed by atoms with Gasteiger partial charge in [-0.25, -0.2) is 8.42 Å². The average Bonchev–Trinajstić information content (AvgIpc) is 3.00. The molecular weight excluding hydrogens is 342 g/mol. The Hall–Kier alpha value is -0.440.